The SMILES string of the molecule is CC(C)(CO)C(O)C(=O)NCCC(=O)C(=O)NCC1CCN(S(=O)(=O)c2ccc3oc(=O)ccc3c2)CC1. The van der Waals surface area contributed by atoms with Gasteiger partial charge in [0.1, 0.15) is 11.7 Å². The molecule has 0 aliphatic carbocycles. The van der Waals surface area contributed by atoms with Crippen molar-refractivity contribution in [2.75, 3.05) is 32.8 Å². The number of nitrogens with one attached hydrogen (secondary N) is 2. The Balaban J connectivity index is 1.43. The molecule has 1 aliphatic rings. The third-order valence-electron chi connectivity index (χ3n) is 6.65. The number of sulfonamides is 1. The van der Waals surface area contributed by atoms with Gasteiger partial charge in [-0.1, -0.05) is 13.8 Å². The van der Waals surface area contributed by atoms with Gasteiger partial charge in [-0.05, 0) is 43.0 Å². The van der Waals surface area contributed by atoms with Crippen molar-refractivity contribution in [2.45, 2.75) is 44.1 Å². The number of rotatable bonds is 11. The van der Waals surface area contributed by atoms with Gasteiger partial charge in [-0.2, -0.15) is 4.31 Å². The van der Waals surface area contributed by atoms with Crippen LogP contribution >= 0.6 is 0 Å². The summed E-state index contributed by atoms with van der Waals surface area (Å²) < 4.78 is 32.6. The number of aliphatic hydroxyl groups is 2. The molecule has 13 heteroatoms. The van der Waals surface area contributed by atoms with Crippen LogP contribution in [0.25, 0.3) is 11.0 Å². The standard InChI is InChI=1S/C25H33N3O9S/c1-25(2,15-29)22(32)24(34)26-10-7-19(30)23(33)27-14-16-8-11-28(12-9-16)38(35,36)18-4-5-20-17(13-18)3-6-21(31)37-20/h3-6,13,16,22,29,32H,7-12,14-15H2,1-2H3,(H,26,34)(H,27,33). The normalized spacial score (nSPS) is 16.2. The van der Waals surface area contributed by atoms with Crippen LogP contribution in [0.5, 0.6) is 0 Å². The molecule has 2 amide bonds. The average molecular weight is 552 g/mol. The third kappa shape index (κ3) is 7.04. The predicted molar refractivity (Wildman–Crippen MR) is 136 cm³/mol. The van der Waals surface area contributed by atoms with Crippen LogP contribution in [0.3, 0.4) is 0 Å². The molecular weight excluding hydrogens is 518 g/mol. The maximum Gasteiger partial charge on any atom is 0.336 e. The Morgan fingerprint density at radius 1 is 1.13 bits per heavy atom. The maximum atomic E-state index is 13.1. The molecule has 1 aromatic carbocycles. The van der Waals surface area contributed by atoms with E-state index in [9.17, 15) is 37.8 Å². The summed E-state index contributed by atoms with van der Waals surface area (Å²) in [6.07, 6.45) is -0.736. The first-order chi connectivity index (χ1) is 17.8. The minimum absolute atomic E-state index is 0.0142. The van der Waals surface area contributed by atoms with E-state index in [1.807, 2.05) is 0 Å². The maximum absolute atomic E-state index is 13.1. The van der Waals surface area contributed by atoms with Crippen LogP contribution in [0.15, 0.2) is 44.4 Å². The summed E-state index contributed by atoms with van der Waals surface area (Å²) in [5, 5.41) is 24.6. The number of carbonyl (C=O) groups is 3. The van der Waals surface area contributed by atoms with Crippen molar-refractivity contribution in [3.8, 4) is 0 Å². The van der Waals surface area contributed by atoms with E-state index in [1.165, 1.54) is 48.5 Å². The van der Waals surface area contributed by atoms with Gasteiger partial charge in [-0.25, -0.2) is 13.2 Å². The number of hydrogen-bond acceptors (Lipinski definition) is 9. The number of benzene rings is 1. The first-order valence-electron chi connectivity index (χ1n) is 12.3. The molecule has 1 aliphatic heterocycles. The summed E-state index contributed by atoms with van der Waals surface area (Å²) in [6.45, 7) is 3.19. The van der Waals surface area contributed by atoms with Gasteiger partial charge in [0.05, 0.1) is 11.5 Å². The Morgan fingerprint density at radius 2 is 1.82 bits per heavy atom. The number of hydrogen-bond donors (Lipinski definition) is 4. The van der Waals surface area contributed by atoms with Crippen LogP contribution in [0.4, 0.5) is 0 Å². The molecule has 1 unspecified atom stereocenters. The fourth-order valence-electron chi connectivity index (χ4n) is 4.00. The topological polar surface area (TPSA) is 183 Å². The van der Waals surface area contributed by atoms with Crippen molar-refractivity contribution < 1.29 is 37.4 Å². The van der Waals surface area contributed by atoms with Gasteiger partial charge < -0.3 is 25.3 Å². The van der Waals surface area contributed by atoms with E-state index >= 15 is 0 Å². The molecular formula is C25H33N3O9S. The van der Waals surface area contributed by atoms with Gasteiger partial charge in [0.25, 0.3) is 5.91 Å². The van der Waals surface area contributed by atoms with Crippen molar-refractivity contribution >= 4 is 38.6 Å². The predicted octanol–water partition coefficient (Wildman–Crippen LogP) is -0.235. The van der Waals surface area contributed by atoms with E-state index in [0.717, 1.165) is 0 Å². The lowest BCUT2D eigenvalue weighted by atomic mass is 9.87. The Morgan fingerprint density at radius 3 is 2.47 bits per heavy atom. The number of carbonyl (C=O) groups excluding carboxylic acids is 3. The third-order valence-corrected chi connectivity index (χ3v) is 8.55. The number of Topliss-reactive ketones (excluding diaryl/α,β-unsaturated/α-hetero) is 1. The molecule has 0 radical (unpaired) electrons. The molecule has 1 fully saturated rings. The highest BCUT2D eigenvalue weighted by molar-refractivity contribution is 7.89. The number of fused-ring (bicyclic) bond motifs is 1. The molecule has 4 N–H and O–H groups in total. The highest BCUT2D eigenvalue weighted by Crippen LogP contribution is 2.26. The molecule has 38 heavy (non-hydrogen) atoms. The number of nitrogens with zero attached hydrogens (tertiary/aromatic N) is 1. The molecule has 12 nitrogen and oxygen atoms in total. The van der Waals surface area contributed by atoms with E-state index in [-0.39, 0.29) is 43.4 Å². The number of aliphatic hydroxyl groups excluding tert-OH is 2. The largest absolute Gasteiger partial charge is 0.423 e. The summed E-state index contributed by atoms with van der Waals surface area (Å²) in [7, 11) is -3.76. The zero-order valence-corrected chi connectivity index (χ0v) is 22.1. The van der Waals surface area contributed by atoms with Crippen molar-refractivity contribution in [2.24, 2.45) is 11.3 Å². The van der Waals surface area contributed by atoms with E-state index in [1.54, 1.807) is 0 Å². The van der Waals surface area contributed by atoms with Crippen LogP contribution in [-0.2, 0) is 24.4 Å². The second kappa shape index (κ2) is 12.2. The lowest BCUT2D eigenvalue weighted by molar-refractivity contribution is -0.139. The molecule has 1 atom stereocenters. The molecule has 0 bridgehead atoms. The zero-order chi connectivity index (χ0) is 28.1. The van der Waals surface area contributed by atoms with E-state index in [2.05, 4.69) is 10.6 Å². The van der Waals surface area contributed by atoms with E-state index in [0.29, 0.717) is 23.8 Å². The summed E-state index contributed by atoms with van der Waals surface area (Å²) in [6, 6.07) is 7.04. The molecule has 3 rings (SSSR count). The summed E-state index contributed by atoms with van der Waals surface area (Å²) >= 11 is 0. The van der Waals surface area contributed by atoms with Crippen LogP contribution in [0.1, 0.15) is 33.1 Å². The lowest BCUT2D eigenvalue weighted by Crippen LogP contribution is -2.46. The fraction of sp³-hybridized carbons (Fsp3) is 0.520. The zero-order valence-electron chi connectivity index (χ0n) is 21.3. The van der Waals surface area contributed by atoms with Crippen molar-refractivity contribution in [1.82, 2.24) is 14.9 Å². The van der Waals surface area contributed by atoms with Crippen LogP contribution < -0.4 is 16.3 Å². The van der Waals surface area contributed by atoms with Gasteiger partial charge in [0.2, 0.25) is 21.7 Å². The first kappa shape index (κ1) is 29.4. The Bertz CT molecular complexity index is 1350. The highest BCUT2D eigenvalue weighted by atomic mass is 32.2. The van der Waals surface area contributed by atoms with Gasteiger partial charge in [0, 0.05) is 49.5 Å². The van der Waals surface area contributed by atoms with Crippen LogP contribution in [0, 0.1) is 11.3 Å². The van der Waals surface area contributed by atoms with Gasteiger partial charge in [-0.15, -0.1) is 0 Å². The van der Waals surface area contributed by atoms with E-state index in [4.69, 9.17) is 4.42 Å². The summed E-state index contributed by atoms with van der Waals surface area (Å²) in [4.78, 5) is 47.6. The Kier molecular flexibility index (Phi) is 9.41. The molecule has 2 aromatic rings. The molecule has 1 saturated heterocycles. The summed E-state index contributed by atoms with van der Waals surface area (Å²) in [5.74, 6) is -2.28. The lowest BCUT2D eigenvalue weighted by Gasteiger charge is -2.31. The highest BCUT2D eigenvalue weighted by Gasteiger charge is 2.33. The van der Waals surface area contributed by atoms with E-state index < -0.39 is 51.4 Å². The second-order valence-corrected chi connectivity index (χ2v) is 12.0. The smallest absolute Gasteiger partial charge is 0.336 e. The first-order valence-corrected chi connectivity index (χ1v) is 13.7. The summed E-state index contributed by atoms with van der Waals surface area (Å²) in [5.41, 5.74) is -1.27. The molecule has 0 saturated carbocycles. The van der Waals surface area contributed by atoms with Crippen molar-refractivity contribution in [1.29, 1.82) is 0 Å². The van der Waals surface area contributed by atoms with Crippen LogP contribution in [-0.4, -0.2) is 79.4 Å². The van der Waals surface area contributed by atoms with Gasteiger partial charge in [-0.3, -0.25) is 14.4 Å². The fourth-order valence-corrected chi connectivity index (χ4v) is 5.51. The van der Waals surface area contributed by atoms with Crippen molar-refractivity contribution in [3.63, 3.8) is 0 Å². The molecule has 0 spiro atoms. The molecule has 208 valence electrons. The average Bonchev–Trinajstić information content (AvgIpc) is 2.90. The quantitative estimate of drug-likeness (QED) is 0.216. The second-order valence-electron chi connectivity index (χ2n) is 10.0. The number of amides is 2. The minimum atomic E-state index is -3.76. The Hall–Kier alpha value is -3.13. The number of piperidine rings is 1. The van der Waals surface area contributed by atoms with Crippen molar-refractivity contribution in [3.05, 3.63) is 40.8 Å². The van der Waals surface area contributed by atoms with Crippen LogP contribution in [0.2, 0.25) is 0 Å². The molecule has 1 aromatic heterocycles. The number of ketones is 1. The van der Waals surface area contributed by atoms with Gasteiger partial charge in [0.15, 0.2) is 0 Å². The minimum Gasteiger partial charge on any atom is -0.423 e. The Labute approximate surface area is 220 Å². The molecule has 2 heterocycles. The van der Waals surface area contributed by atoms with Gasteiger partial charge >= 0.3 is 5.63 Å². The monoisotopic (exact) mass is 551 g/mol.